The lowest BCUT2D eigenvalue weighted by molar-refractivity contribution is -0.118. The van der Waals surface area contributed by atoms with Gasteiger partial charge in [-0.05, 0) is 36.6 Å². The summed E-state index contributed by atoms with van der Waals surface area (Å²) in [5, 5.41) is 6.67. The van der Waals surface area contributed by atoms with E-state index in [2.05, 4.69) is 32.7 Å². The van der Waals surface area contributed by atoms with Crippen molar-refractivity contribution < 1.29 is 4.79 Å². The van der Waals surface area contributed by atoms with Crippen molar-refractivity contribution in [2.75, 3.05) is 0 Å². The summed E-state index contributed by atoms with van der Waals surface area (Å²) in [6, 6.07) is 14.1. The van der Waals surface area contributed by atoms with Crippen molar-refractivity contribution in [2.45, 2.75) is 24.5 Å². The van der Waals surface area contributed by atoms with Crippen LogP contribution in [0.3, 0.4) is 0 Å². The second kappa shape index (κ2) is 6.13. The smallest absolute Gasteiger partial charge is 0.270 e. The van der Waals surface area contributed by atoms with E-state index in [4.69, 9.17) is 0 Å². The molecule has 2 aromatic rings. The Hall–Kier alpha value is -3.34. The summed E-state index contributed by atoms with van der Waals surface area (Å²) in [7, 11) is 0. The molecule has 3 aliphatic rings. The van der Waals surface area contributed by atoms with E-state index in [9.17, 15) is 4.79 Å². The third-order valence-corrected chi connectivity index (χ3v) is 5.36. The molecule has 1 aliphatic carbocycles. The quantitative estimate of drug-likeness (QED) is 0.884. The van der Waals surface area contributed by atoms with Crippen LogP contribution in [0.15, 0.2) is 90.7 Å². The molecule has 5 nitrogen and oxygen atoms in total. The predicted molar refractivity (Wildman–Crippen MR) is 103 cm³/mol. The fourth-order valence-corrected chi connectivity index (χ4v) is 3.78. The van der Waals surface area contributed by atoms with E-state index in [-0.39, 0.29) is 17.6 Å². The van der Waals surface area contributed by atoms with Gasteiger partial charge in [0.05, 0.1) is 11.2 Å². The molecule has 1 atom stereocenters. The van der Waals surface area contributed by atoms with Crippen molar-refractivity contribution in [3.63, 3.8) is 0 Å². The van der Waals surface area contributed by atoms with E-state index in [0.29, 0.717) is 5.70 Å². The van der Waals surface area contributed by atoms with Crippen LogP contribution < -0.4 is 10.6 Å². The van der Waals surface area contributed by atoms with Gasteiger partial charge in [-0.2, -0.15) is 0 Å². The Bertz CT molecular complexity index is 958. The van der Waals surface area contributed by atoms with Crippen molar-refractivity contribution in [1.29, 1.82) is 0 Å². The summed E-state index contributed by atoms with van der Waals surface area (Å²) in [5.74, 6) is -0.0670. The van der Waals surface area contributed by atoms with Crippen molar-refractivity contribution in [3.05, 3.63) is 102 Å². The molecule has 1 fully saturated rings. The van der Waals surface area contributed by atoms with Crippen LogP contribution in [0.4, 0.5) is 0 Å². The summed E-state index contributed by atoms with van der Waals surface area (Å²) in [4.78, 5) is 19.5. The molecule has 1 saturated carbocycles. The van der Waals surface area contributed by atoms with Gasteiger partial charge >= 0.3 is 0 Å². The first-order valence-electron chi connectivity index (χ1n) is 9.19. The Morgan fingerprint density at radius 3 is 2.74 bits per heavy atom. The Labute approximate surface area is 158 Å². The third-order valence-electron chi connectivity index (χ3n) is 5.36. The van der Waals surface area contributed by atoms with Gasteiger partial charge in [0.1, 0.15) is 11.9 Å². The maximum absolute atomic E-state index is 13.2. The maximum Gasteiger partial charge on any atom is 0.270 e. The molecule has 1 amide bonds. The topological polar surface area (TPSA) is 57.3 Å². The average molecular weight is 356 g/mol. The van der Waals surface area contributed by atoms with Gasteiger partial charge < -0.3 is 15.5 Å². The lowest BCUT2D eigenvalue weighted by Crippen LogP contribution is -2.38. The number of hydrogen-bond donors (Lipinski definition) is 2. The maximum atomic E-state index is 13.2. The van der Waals surface area contributed by atoms with Gasteiger partial charge in [-0.3, -0.25) is 9.78 Å². The molecule has 5 rings (SSSR count). The van der Waals surface area contributed by atoms with Gasteiger partial charge in [0.25, 0.3) is 5.91 Å². The van der Waals surface area contributed by atoms with Crippen molar-refractivity contribution in [1.82, 2.24) is 20.5 Å². The number of amides is 1. The molecule has 134 valence electrons. The first-order valence-corrected chi connectivity index (χ1v) is 9.19. The Morgan fingerprint density at radius 1 is 1.15 bits per heavy atom. The van der Waals surface area contributed by atoms with Crippen molar-refractivity contribution >= 4 is 5.91 Å². The van der Waals surface area contributed by atoms with E-state index < -0.39 is 0 Å². The number of hydrogen-bond acceptors (Lipinski definition) is 4. The van der Waals surface area contributed by atoms with Gasteiger partial charge in [0.15, 0.2) is 0 Å². The number of carbonyl (C=O) groups is 1. The standard InChI is InChI=1S/C22H20N4O/c27-21(25-22(11-12-22)17-8-2-1-3-9-17)19-18-10-4-5-14-26(18)20(24-19)16-7-6-13-23-15-16/h1-10,13-15,20,24H,11-12H2,(H,25,27). The van der Waals surface area contributed by atoms with Crippen LogP contribution in [-0.2, 0) is 10.3 Å². The average Bonchev–Trinajstić information content (AvgIpc) is 3.41. The highest BCUT2D eigenvalue weighted by atomic mass is 16.2. The number of pyridine rings is 1. The first kappa shape index (κ1) is 15.9. The molecule has 5 heteroatoms. The molecule has 0 bridgehead atoms. The third kappa shape index (κ3) is 2.72. The van der Waals surface area contributed by atoms with Crippen LogP contribution in [0.2, 0.25) is 0 Å². The number of fused-ring (bicyclic) bond motifs is 1. The zero-order valence-electron chi connectivity index (χ0n) is 14.8. The normalized spacial score (nSPS) is 21.6. The number of allylic oxidation sites excluding steroid dienone is 3. The predicted octanol–water partition coefficient (Wildman–Crippen LogP) is 3.09. The van der Waals surface area contributed by atoms with Crippen LogP contribution in [0.5, 0.6) is 0 Å². The molecular formula is C22H20N4O. The molecule has 0 spiro atoms. The minimum atomic E-state index is -0.237. The lowest BCUT2D eigenvalue weighted by Gasteiger charge is -2.25. The second-order valence-corrected chi connectivity index (χ2v) is 7.10. The molecule has 1 aromatic heterocycles. The van der Waals surface area contributed by atoms with Gasteiger partial charge in [0.2, 0.25) is 0 Å². The van der Waals surface area contributed by atoms with Crippen LogP contribution in [0, 0.1) is 0 Å². The van der Waals surface area contributed by atoms with Crippen LogP contribution >= 0.6 is 0 Å². The monoisotopic (exact) mass is 356 g/mol. The summed E-state index contributed by atoms with van der Waals surface area (Å²) >= 11 is 0. The lowest BCUT2D eigenvalue weighted by atomic mass is 10.0. The molecule has 27 heavy (non-hydrogen) atoms. The van der Waals surface area contributed by atoms with Crippen LogP contribution in [0.1, 0.15) is 30.1 Å². The molecule has 2 N–H and O–H groups in total. The van der Waals surface area contributed by atoms with E-state index >= 15 is 0 Å². The highest BCUT2D eigenvalue weighted by Crippen LogP contribution is 2.46. The minimum Gasteiger partial charge on any atom is -0.355 e. The van der Waals surface area contributed by atoms with Crippen LogP contribution in [-0.4, -0.2) is 15.8 Å². The zero-order valence-corrected chi connectivity index (χ0v) is 14.8. The molecule has 2 aliphatic heterocycles. The number of rotatable bonds is 4. The number of nitrogens with one attached hydrogen (secondary N) is 2. The minimum absolute atomic E-state index is 0.0670. The fourth-order valence-electron chi connectivity index (χ4n) is 3.78. The van der Waals surface area contributed by atoms with Gasteiger partial charge in [-0.1, -0.05) is 42.5 Å². The van der Waals surface area contributed by atoms with Gasteiger partial charge in [0, 0.05) is 24.2 Å². The molecule has 3 heterocycles. The molecule has 1 aromatic carbocycles. The summed E-state index contributed by atoms with van der Waals surface area (Å²) < 4.78 is 0. The molecule has 0 saturated heterocycles. The highest BCUT2D eigenvalue weighted by Gasteiger charge is 2.47. The van der Waals surface area contributed by atoms with Crippen molar-refractivity contribution in [2.24, 2.45) is 0 Å². The Kier molecular flexibility index (Phi) is 3.60. The highest BCUT2D eigenvalue weighted by molar-refractivity contribution is 5.95. The number of aromatic nitrogens is 1. The SMILES string of the molecule is O=C(NC1(c2ccccc2)CC1)C1=C2C=CC=CN2C(c2cccnc2)N1. The van der Waals surface area contributed by atoms with E-state index in [1.165, 1.54) is 5.56 Å². The second-order valence-electron chi connectivity index (χ2n) is 7.10. The van der Waals surface area contributed by atoms with E-state index in [0.717, 1.165) is 24.1 Å². The van der Waals surface area contributed by atoms with Crippen molar-refractivity contribution in [3.8, 4) is 0 Å². The summed E-state index contributed by atoms with van der Waals surface area (Å²) in [5.41, 5.74) is 3.43. The van der Waals surface area contributed by atoms with Gasteiger partial charge in [-0.25, -0.2) is 0 Å². The van der Waals surface area contributed by atoms with Gasteiger partial charge in [-0.15, -0.1) is 0 Å². The Morgan fingerprint density at radius 2 is 2.00 bits per heavy atom. The summed E-state index contributed by atoms with van der Waals surface area (Å²) in [6.45, 7) is 0. The first-order chi connectivity index (χ1) is 13.3. The zero-order chi connectivity index (χ0) is 18.3. The number of carbonyl (C=O) groups excluding carboxylic acids is 1. The largest absolute Gasteiger partial charge is 0.355 e. The number of benzene rings is 1. The molecule has 1 unspecified atom stereocenters. The molecular weight excluding hydrogens is 336 g/mol. The molecule has 0 radical (unpaired) electrons. The fraction of sp³-hybridized carbons (Fsp3) is 0.182. The van der Waals surface area contributed by atoms with E-state index in [1.807, 2.05) is 61.0 Å². The Balaban J connectivity index is 1.43. The summed E-state index contributed by atoms with van der Waals surface area (Å²) in [6.07, 6.45) is 13.3. The number of nitrogens with zero attached hydrogens (tertiary/aromatic N) is 2. The van der Waals surface area contributed by atoms with E-state index in [1.54, 1.807) is 6.20 Å². The van der Waals surface area contributed by atoms with Crippen LogP contribution in [0.25, 0.3) is 0 Å².